The topological polar surface area (TPSA) is 0 Å². The van der Waals surface area contributed by atoms with Gasteiger partial charge in [0.1, 0.15) is 0 Å². The van der Waals surface area contributed by atoms with Crippen molar-refractivity contribution in [3.63, 3.8) is 0 Å². The van der Waals surface area contributed by atoms with Gasteiger partial charge in [0, 0.05) is 0 Å². The molecule has 1 aromatic carbocycles. The third-order valence-corrected chi connectivity index (χ3v) is 1.96. The maximum atomic E-state index is 3.21. The van der Waals surface area contributed by atoms with Crippen molar-refractivity contribution in [1.29, 1.82) is 0 Å². The normalized spacial score (nSPS) is 13.6. The summed E-state index contributed by atoms with van der Waals surface area (Å²) in [6.45, 7) is 2.05. The molecular weight excluding hydrogens is 144 g/mol. The first-order valence-electron chi connectivity index (χ1n) is 4.07. The summed E-state index contributed by atoms with van der Waals surface area (Å²) in [6, 6.07) is 8.32. The molecule has 0 spiro atoms. The van der Waals surface area contributed by atoms with Gasteiger partial charge in [-0.1, -0.05) is 36.4 Å². The maximum Gasteiger partial charge on any atom is -0.00910 e. The molecule has 0 heteroatoms. The van der Waals surface area contributed by atoms with Crippen molar-refractivity contribution >= 4 is 12.2 Å². The molecule has 1 aromatic rings. The van der Waals surface area contributed by atoms with Crippen molar-refractivity contribution in [3.05, 3.63) is 52.8 Å². The smallest absolute Gasteiger partial charge is 0.00910 e. The van der Waals surface area contributed by atoms with Crippen LogP contribution in [-0.2, 0) is 0 Å². The SMILES string of the molecule is CC1=C=Cc2ccccc2C=C1. The van der Waals surface area contributed by atoms with Gasteiger partial charge in [-0.2, -0.15) is 0 Å². The van der Waals surface area contributed by atoms with Crippen molar-refractivity contribution in [3.8, 4) is 0 Å². The average molecular weight is 154 g/mol. The Morgan fingerprint density at radius 1 is 1.00 bits per heavy atom. The summed E-state index contributed by atoms with van der Waals surface area (Å²) in [7, 11) is 0. The molecule has 1 aliphatic carbocycles. The molecule has 0 unspecified atom stereocenters. The highest BCUT2D eigenvalue weighted by atomic mass is 14.0. The minimum Gasteiger partial charge on any atom is -0.117 e. The number of hydrogen-bond donors (Lipinski definition) is 0. The van der Waals surface area contributed by atoms with Gasteiger partial charge in [0.15, 0.2) is 0 Å². The van der Waals surface area contributed by atoms with E-state index in [0.717, 1.165) is 0 Å². The molecule has 0 saturated carbocycles. The highest BCUT2D eigenvalue weighted by Crippen LogP contribution is 2.15. The quantitative estimate of drug-likeness (QED) is 0.503. The molecule has 0 nitrogen and oxygen atoms in total. The number of allylic oxidation sites excluding steroid dienone is 2. The second kappa shape index (κ2) is 2.84. The molecule has 0 N–H and O–H groups in total. The Morgan fingerprint density at radius 2 is 1.75 bits per heavy atom. The van der Waals surface area contributed by atoms with Crippen LogP contribution >= 0.6 is 0 Å². The summed E-state index contributed by atoms with van der Waals surface area (Å²) >= 11 is 0. The van der Waals surface area contributed by atoms with Gasteiger partial charge in [-0.05, 0) is 29.7 Å². The summed E-state index contributed by atoms with van der Waals surface area (Å²) in [5.41, 5.74) is 6.88. The van der Waals surface area contributed by atoms with E-state index < -0.39 is 0 Å². The van der Waals surface area contributed by atoms with Crippen LogP contribution in [-0.4, -0.2) is 0 Å². The Kier molecular flexibility index (Phi) is 1.69. The van der Waals surface area contributed by atoms with Crippen molar-refractivity contribution in [2.75, 3.05) is 0 Å². The van der Waals surface area contributed by atoms with Crippen LogP contribution in [0.4, 0.5) is 0 Å². The molecule has 0 fully saturated rings. The Hall–Kier alpha value is -1.52. The van der Waals surface area contributed by atoms with E-state index in [4.69, 9.17) is 0 Å². The van der Waals surface area contributed by atoms with E-state index in [1.165, 1.54) is 16.7 Å². The first kappa shape index (κ1) is 7.15. The zero-order chi connectivity index (χ0) is 8.39. The Balaban J connectivity index is 2.64. The van der Waals surface area contributed by atoms with E-state index in [1.807, 2.05) is 12.1 Å². The number of rotatable bonds is 0. The lowest BCUT2D eigenvalue weighted by molar-refractivity contribution is 1.57. The third kappa shape index (κ3) is 1.25. The van der Waals surface area contributed by atoms with Crippen molar-refractivity contribution in [1.82, 2.24) is 0 Å². The lowest BCUT2D eigenvalue weighted by atomic mass is 10.1. The van der Waals surface area contributed by atoms with Crippen LogP contribution in [0.2, 0.25) is 0 Å². The molecule has 12 heavy (non-hydrogen) atoms. The van der Waals surface area contributed by atoms with Crippen LogP contribution in [0.25, 0.3) is 12.2 Å². The fraction of sp³-hybridized carbons (Fsp3) is 0.0833. The summed E-state index contributed by atoms with van der Waals surface area (Å²) in [5.74, 6) is 0. The van der Waals surface area contributed by atoms with Gasteiger partial charge in [-0.3, -0.25) is 0 Å². The maximum absolute atomic E-state index is 3.21. The molecule has 0 amide bonds. The van der Waals surface area contributed by atoms with Crippen LogP contribution in [0.1, 0.15) is 18.1 Å². The van der Waals surface area contributed by atoms with E-state index in [-0.39, 0.29) is 0 Å². The van der Waals surface area contributed by atoms with Gasteiger partial charge in [-0.25, -0.2) is 0 Å². The molecule has 0 saturated heterocycles. The predicted octanol–water partition coefficient (Wildman–Crippen LogP) is 3.27. The predicted molar refractivity (Wildman–Crippen MR) is 52.6 cm³/mol. The van der Waals surface area contributed by atoms with Crippen LogP contribution < -0.4 is 0 Å². The fourth-order valence-corrected chi connectivity index (χ4v) is 1.25. The first-order valence-corrected chi connectivity index (χ1v) is 4.07. The Morgan fingerprint density at radius 3 is 2.58 bits per heavy atom. The number of fused-ring (bicyclic) bond motifs is 1. The van der Waals surface area contributed by atoms with E-state index in [2.05, 4.69) is 43.0 Å². The Bertz CT molecular complexity index is 388. The second-order valence-electron chi connectivity index (χ2n) is 2.93. The van der Waals surface area contributed by atoms with Gasteiger partial charge < -0.3 is 0 Å². The van der Waals surface area contributed by atoms with Crippen LogP contribution in [0.15, 0.2) is 41.6 Å². The Labute approximate surface area is 72.5 Å². The summed E-state index contributed by atoms with van der Waals surface area (Å²) < 4.78 is 0. The zero-order valence-electron chi connectivity index (χ0n) is 7.04. The minimum atomic E-state index is 1.17. The highest BCUT2D eigenvalue weighted by Gasteiger charge is 1.95. The molecule has 0 radical (unpaired) electrons. The van der Waals surface area contributed by atoms with Gasteiger partial charge in [0.05, 0.1) is 0 Å². The molecule has 0 aromatic heterocycles. The van der Waals surface area contributed by atoms with Crippen LogP contribution in [0.5, 0.6) is 0 Å². The fourth-order valence-electron chi connectivity index (χ4n) is 1.25. The van der Waals surface area contributed by atoms with E-state index in [9.17, 15) is 0 Å². The van der Waals surface area contributed by atoms with E-state index >= 15 is 0 Å². The average Bonchev–Trinajstić information content (AvgIpc) is 2.29. The van der Waals surface area contributed by atoms with Gasteiger partial charge in [-0.15, -0.1) is 5.73 Å². The largest absolute Gasteiger partial charge is 0.117 e. The number of hydrogen-bond acceptors (Lipinski definition) is 0. The summed E-state index contributed by atoms with van der Waals surface area (Å²) in [6.07, 6.45) is 6.24. The summed E-state index contributed by atoms with van der Waals surface area (Å²) in [4.78, 5) is 0. The minimum absolute atomic E-state index is 1.17. The monoisotopic (exact) mass is 154 g/mol. The third-order valence-electron chi connectivity index (χ3n) is 1.96. The lowest BCUT2D eigenvalue weighted by Gasteiger charge is -1.96. The first-order chi connectivity index (χ1) is 5.86. The molecule has 0 aliphatic heterocycles. The molecule has 0 bridgehead atoms. The molecule has 58 valence electrons. The van der Waals surface area contributed by atoms with E-state index in [0.29, 0.717) is 0 Å². The van der Waals surface area contributed by atoms with Gasteiger partial charge in [0.2, 0.25) is 0 Å². The standard InChI is InChI=1S/C12H10/c1-10-6-8-11-4-2-3-5-12(11)9-7-10/h2-6,8-9H,1H3. The molecule has 2 rings (SSSR count). The van der Waals surface area contributed by atoms with Crippen molar-refractivity contribution in [2.45, 2.75) is 6.92 Å². The molecule has 0 heterocycles. The lowest BCUT2D eigenvalue weighted by Crippen LogP contribution is -1.76. The molecular formula is C12H10. The summed E-state index contributed by atoms with van der Waals surface area (Å²) in [5, 5.41) is 0. The van der Waals surface area contributed by atoms with Gasteiger partial charge in [0.25, 0.3) is 0 Å². The second-order valence-corrected chi connectivity index (χ2v) is 2.93. The molecule has 1 aliphatic rings. The van der Waals surface area contributed by atoms with Crippen molar-refractivity contribution < 1.29 is 0 Å². The number of benzene rings is 1. The van der Waals surface area contributed by atoms with Gasteiger partial charge >= 0.3 is 0 Å². The molecule has 0 atom stereocenters. The zero-order valence-corrected chi connectivity index (χ0v) is 7.04. The van der Waals surface area contributed by atoms with Crippen molar-refractivity contribution in [2.24, 2.45) is 0 Å². The van der Waals surface area contributed by atoms with Crippen LogP contribution in [0.3, 0.4) is 0 Å². The highest BCUT2D eigenvalue weighted by molar-refractivity contribution is 5.68. The van der Waals surface area contributed by atoms with E-state index in [1.54, 1.807) is 0 Å². The van der Waals surface area contributed by atoms with Crippen LogP contribution in [0, 0.1) is 0 Å².